The maximum atomic E-state index is 10.9. The van der Waals surface area contributed by atoms with Gasteiger partial charge < -0.3 is 25.9 Å². The van der Waals surface area contributed by atoms with Gasteiger partial charge in [-0.1, -0.05) is 11.6 Å². The molecule has 0 atom stereocenters. The van der Waals surface area contributed by atoms with Crippen molar-refractivity contribution >= 4 is 29.5 Å². The van der Waals surface area contributed by atoms with E-state index < -0.39 is 17.9 Å². The number of nitrogens with one attached hydrogen (secondary N) is 2. The van der Waals surface area contributed by atoms with Crippen molar-refractivity contribution in [1.29, 1.82) is 0 Å². The van der Waals surface area contributed by atoms with Crippen LogP contribution >= 0.6 is 11.6 Å². The summed E-state index contributed by atoms with van der Waals surface area (Å²) < 4.78 is 18.6. The molecular formula is C19H20ClN3O8. The summed E-state index contributed by atoms with van der Waals surface area (Å²) in [6.45, 7) is 0. The number of nitrogens with zero attached hydrogens (tertiary/aromatic N) is 1. The number of aromatic amines is 2. The number of hydrogen-bond donors (Lipinski definition) is 2. The number of rotatable bonds is 3. The van der Waals surface area contributed by atoms with E-state index >= 15 is 0 Å². The fraction of sp³-hybridized carbons (Fsp3) is 0.0526. The van der Waals surface area contributed by atoms with E-state index in [-0.39, 0.29) is 40.4 Å². The number of aromatic nitrogens is 3. The number of H-pyrrole nitrogens is 2. The Balaban J connectivity index is 0. The maximum Gasteiger partial charge on any atom is 0.401 e. The van der Waals surface area contributed by atoms with Crippen LogP contribution in [0.1, 0.15) is 34.2 Å². The van der Waals surface area contributed by atoms with Crippen molar-refractivity contribution in [2.24, 2.45) is 0 Å². The maximum absolute atomic E-state index is 10.9. The van der Waals surface area contributed by atoms with Crippen molar-refractivity contribution in [2.75, 3.05) is 7.11 Å². The molecule has 0 spiro atoms. The van der Waals surface area contributed by atoms with Gasteiger partial charge in [-0.15, -0.1) is 0 Å². The number of pyridine rings is 3. The number of carbonyl (C=O) groups excluding carboxylic acids is 1. The quantitative estimate of drug-likeness (QED) is 0.549. The van der Waals surface area contributed by atoms with E-state index in [1.165, 1.54) is 43.5 Å². The average Bonchev–Trinajstić information content (AvgIpc) is 2.74. The molecule has 0 amide bonds. The van der Waals surface area contributed by atoms with Crippen LogP contribution in [0.2, 0.25) is 5.02 Å². The number of methoxy groups -OCH3 is 1. The summed E-state index contributed by atoms with van der Waals surface area (Å²) >= 11 is 5.58. The zero-order valence-electron chi connectivity index (χ0n) is 17.9. The smallest absolute Gasteiger partial charge is 0.401 e. The van der Waals surface area contributed by atoms with Gasteiger partial charge in [-0.05, 0) is 24.3 Å². The van der Waals surface area contributed by atoms with Crippen molar-refractivity contribution in [3.05, 3.63) is 89.2 Å². The number of carboxylic acid groups (broad SMARTS) is 2. The molecule has 0 fully saturated rings. The molecule has 0 saturated heterocycles. The fourth-order valence-electron chi connectivity index (χ4n) is 1.58. The Bertz CT molecular complexity index is 1040. The molecule has 0 saturated carbocycles. The lowest BCUT2D eigenvalue weighted by Crippen LogP contribution is -2.14. The first-order valence-electron chi connectivity index (χ1n) is 8.78. The summed E-state index contributed by atoms with van der Waals surface area (Å²) in [5.41, 5.74) is 0.292. The number of hydrogen-bond acceptors (Lipinski definition) is 7. The highest BCUT2D eigenvalue weighted by atomic mass is 35.5. The van der Waals surface area contributed by atoms with Gasteiger partial charge in [0.25, 0.3) is 11.4 Å². The van der Waals surface area contributed by atoms with Gasteiger partial charge in [0.05, 0.1) is 8.48 Å². The predicted octanol–water partition coefficient (Wildman–Crippen LogP) is 1.57. The number of aromatic carboxylic acids is 2. The topological polar surface area (TPSA) is 202 Å². The summed E-state index contributed by atoms with van der Waals surface area (Å²) in [5, 5.41) is 17.0. The van der Waals surface area contributed by atoms with Crippen LogP contribution in [0, 0.1) is 0 Å². The highest BCUT2D eigenvalue weighted by Gasteiger charge is 2.07. The number of carbonyl (C=O) groups is 3. The molecule has 0 radical (unpaired) electrons. The van der Waals surface area contributed by atoms with Crippen molar-refractivity contribution < 1.29 is 53.0 Å². The highest BCUT2D eigenvalue weighted by Crippen LogP contribution is 2.08. The summed E-state index contributed by atoms with van der Waals surface area (Å²) in [5.74, 6) is -2.57. The molecule has 12 heteroatoms. The van der Waals surface area contributed by atoms with Crippen LogP contribution in [-0.2, 0) is 4.74 Å². The first kappa shape index (κ1) is 25.1. The van der Waals surface area contributed by atoms with Crippen molar-refractivity contribution in [1.82, 2.24) is 4.98 Å². The lowest BCUT2D eigenvalue weighted by atomic mass is 10.3. The van der Waals surface area contributed by atoms with Crippen LogP contribution in [0.15, 0.2) is 67.1 Å². The molecule has 0 aliphatic rings. The molecule has 0 unspecified atom stereocenters. The second-order valence-electron chi connectivity index (χ2n) is 4.89. The van der Waals surface area contributed by atoms with Gasteiger partial charge in [0, 0.05) is 35.5 Å². The molecule has 3 aromatic heterocycles. The first-order valence-corrected chi connectivity index (χ1v) is 8.16. The van der Waals surface area contributed by atoms with Crippen molar-refractivity contribution in [3.63, 3.8) is 0 Å². The van der Waals surface area contributed by atoms with Gasteiger partial charge in [0.15, 0.2) is 12.4 Å². The van der Waals surface area contributed by atoms with Gasteiger partial charge in [0.1, 0.15) is 7.06 Å². The molecule has 11 nitrogen and oxygen atoms in total. The summed E-state index contributed by atoms with van der Waals surface area (Å²) in [6.07, 6.45) is 1.62. The Hall–Kier alpha value is -3.93. The van der Waals surface area contributed by atoms with Crippen LogP contribution in [-0.4, -0.2) is 51.2 Å². The third-order valence-electron chi connectivity index (χ3n) is 2.88. The van der Waals surface area contributed by atoms with Gasteiger partial charge >= 0.3 is 17.9 Å². The van der Waals surface area contributed by atoms with Crippen molar-refractivity contribution in [2.45, 2.75) is 0 Å². The summed E-state index contributed by atoms with van der Waals surface area (Å²) in [6, 6.07) is 12.0. The van der Waals surface area contributed by atoms with E-state index in [0.29, 0.717) is 5.02 Å². The molecule has 3 aromatic rings. The number of halogens is 1. The Kier molecular flexibility index (Phi) is 12.9. The second-order valence-corrected chi connectivity index (χ2v) is 5.32. The van der Waals surface area contributed by atoms with E-state index in [0.717, 1.165) is 0 Å². The Morgan fingerprint density at radius 1 is 1.00 bits per heavy atom. The fourth-order valence-corrected chi connectivity index (χ4v) is 1.73. The number of ether oxygens (including phenoxy) is 1. The first-order chi connectivity index (χ1) is 14.6. The Labute approximate surface area is 184 Å². The zero-order valence-corrected chi connectivity index (χ0v) is 16.7. The molecule has 0 aromatic carbocycles. The molecule has 3 rings (SSSR count). The van der Waals surface area contributed by atoms with Gasteiger partial charge in [-0.2, -0.15) is 0 Å². The van der Waals surface area contributed by atoms with E-state index in [1.54, 1.807) is 18.3 Å². The zero-order chi connectivity index (χ0) is 23.4. The summed E-state index contributed by atoms with van der Waals surface area (Å²) in [4.78, 5) is 39.9. The Morgan fingerprint density at radius 2 is 1.58 bits per heavy atom. The van der Waals surface area contributed by atoms with E-state index in [1.807, 2.05) is 0 Å². The van der Waals surface area contributed by atoms with Gasteiger partial charge in [0.2, 0.25) is 0 Å². The third-order valence-corrected chi connectivity index (χ3v) is 3.09. The number of esters is 1. The minimum absolute atomic E-state index is 0. The Morgan fingerprint density at radius 3 is 2.00 bits per heavy atom. The normalized spacial score (nSPS) is 9.35. The summed E-state index contributed by atoms with van der Waals surface area (Å²) in [7, 11) is 1.24. The molecule has 0 aliphatic heterocycles. The van der Waals surface area contributed by atoms with E-state index in [4.69, 9.17) is 24.6 Å². The van der Waals surface area contributed by atoms with Crippen molar-refractivity contribution in [3.8, 4) is 0 Å². The predicted molar refractivity (Wildman–Crippen MR) is 104 cm³/mol. The highest BCUT2D eigenvalue weighted by molar-refractivity contribution is 6.30. The van der Waals surface area contributed by atoms with Crippen LogP contribution in [0.5, 0.6) is 0 Å². The van der Waals surface area contributed by atoms with E-state index in [2.05, 4.69) is 19.7 Å². The SMILES string of the molecule is O=C(O)c1cccc[nH+]1.[2H]c1cc(Cl)cc(C(=O)OC)n1.[2H]c1cccc(C(=O)O)[nH+]1.[OH-].[OH-]. The molecule has 6 N–H and O–H groups in total. The lowest BCUT2D eigenvalue weighted by Gasteiger charge is -1.96. The molecule has 3 heterocycles. The van der Waals surface area contributed by atoms with Gasteiger partial charge in [-0.3, -0.25) is 0 Å². The molecular weight excluding hydrogens is 434 g/mol. The lowest BCUT2D eigenvalue weighted by molar-refractivity contribution is -0.383. The minimum atomic E-state index is -1.05. The molecule has 0 aliphatic carbocycles. The minimum Gasteiger partial charge on any atom is -0.870 e. The standard InChI is InChI=1S/C7H6ClNO2.2C6H5NO2.2H2O/c1-11-7(10)6-4-5(8)2-3-9-6;2*8-6(9)5-3-1-2-4-7-5;;/h2-4H,1H3;2*1-4H,(H,8,9);2*1H2/i3D;4D;;;. The molecule has 0 bridgehead atoms. The monoisotopic (exact) mass is 455 g/mol. The van der Waals surface area contributed by atoms with Gasteiger partial charge in [-0.25, -0.2) is 29.3 Å². The average molecular weight is 456 g/mol. The van der Waals surface area contributed by atoms with Crippen LogP contribution in [0.3, 0.4) is 0 Å². The van der Waals surface area contributed by atoms with Crippen LogP contribution in [0.4, 0.5) is 0 Å². The largest absolute Gasteiger partial charge is 0.870 e. The third kappa shape index (κ3) is 11.6. The van der Waals surface area contributed by atoms with E-state index in [9.17, 15) is 14.4 Å². The molecule has 166 valence electrons. The second kappa shape index (κ2) is 15.9. The van der Waals surface area contributed by atoms with Crippen LogP contribution in [0.25, 0.3) is 0 Å². The number of carboxylic acids is 2. The molecule has 31 heavy (non-hydrogen) atoms. The van der Waals surface area contributed by atoms with Crippen LogP contribution < -0.4 is 9.97 Å².